The third kappa shape index (κ3) is 3.73. The summed E-state index contributed by atoms with van der Waals surface area (Å²) in [6, 6.07) is 0. The lowest BCUT2D eigenvalue weighted by molar-refractivity contribution is -0.137. The molecule has 0 aromatic carbocycles. The zero-order valence-corrected chi connectivity index (χ0v) is 9.41. The SMILES string of the molecule is Cc1oc(CCC(=O)O)nc1CC(C)C. The molecule has 0 aliphatic carbocycles. The summed E-state index contributed by atoms with van der Waals surface area (Å²) in [6.45, 7) is 6.10. The fraction of sp³-hybridized carbons (Fsp3) is 0.636. The summed E-state index contributed by atoms with van der Waals surface area (Å²) in [7, 11) is 0. The maximum atomic E-state index is 10.4. The molecule has 84 valence electrons. The van der Waals surface area contributed by atoms with Crippen LogP contribution in [0.25, 0.3) is 0 Å². The van der Waals surface area contributed by atoms with Crippen molar-refractivity contribution in [2.75, 3.05) is 0 Å². The third-order valence-electron chi connectivity index (χ3n) is 2.09. The molecular weight excluding hydrogens is 194 g/mol. The van der Waals surface area contributed by atoms with Gasteiger partial charge in [0.05, 0.1) is 12.1 Å². The molecule has 0 aliphatic heterocycles. The minimum absolute atomic E-state index is 0.0705. The lowest BCUT2D eigenvalue weighted by Crippen LogP contribution is -1.99. The van der Waals surface area contributed by atoms with Crippen LogP contribution in [0.4, 0.5) is 0 Å². The highest BCUT2D eigenvalue weighted by Crippen LogP contribution is 2.15. The molecule has 4 heteroatoms. The molecular formula is C11H17NO3. The first-order valence-electron chi connectivity index (χ1n) is 5.16. The Bertz CT molecular complexity index is 342. The van der Waals surface area contributed by atoms with Crippen LogP contribution in [0.1, 0.15) is 37.6 Å². The Morgan fingerprint density at radius 2 is 2.20 bits per heavy atom. The Labute approximate surface area is 89.3 Å². The molecule has 0 unspecified atom stereocenters. The molecule has 4 nitrogen and oxygen atoms in total. The minimum Gasteiger partial charge on any atom is -0.481 e. The number of aromatic nitrogens is 1. The van der Waals surface area contributed by atoms with E-state index >= 15 is 0 Å². The van der Waals surface area contributed by atoms with Crippen molar-refractivity contribution in [1.82, 2.24) is 4.98 Å². The zero-order chi connectivity index (χ0) is 11.4. The molecule has 0 saturated carbocycles. The van der Waals surface area contributed by atoms with E-state index in [2.05, 4.69) is 18.8 Å². The van der Waals surface area contributed by atoms with Gasteiger partial charge in [-0.1, -0.05) is 13.8 Å². The molecule has 15 heavy (non-hydrogen) atoms. The molecule has 0 spiro atoms. The number of carboxylic acid groups (broad SMARTS) is 1. The number of aryl methyl sites for hydroxylation is 2. The van der Waals surface area contributed by atoms with E-state index in [1.165, 1.54) is 0 Å². The first-order valence-corrected chi connectivity index (χ1v) is 5.16. The van der Waals surface area contributed by atoms with Gasteiger partial charge in [0.1, 0.15) is 5.76 Å². The van der Waals surface area contributed by atoms with Crippen LogP contribution in [0.2, 0.25) is 0 Å². The van der Waals surface area contributed by atoms with E-state index in [-0.39, 0.29) is 6.42 Å². The standard InChI is InChI=1S/C11H17NO3/c1-7(2)6-9-8(3)15-10(12-9)4-5-11(13)14/h7H,4-6H2,1-3H3,(H,13,14). The second kappa shape index (κ2) is 4.96. The molecule has 0 bridgehead atoms. The Balaban J connectivity index is 2.64. The second-order valence-corrected chi connectivity index (χ2v) is 4.10. The van der Waals surface area contributed by atoms with Crippen LogP contribution < -0.4 is 0 Å². The molecule has 0 amide bonds. The van der Waals surface area contributed by atoms with Gasteiger partial charge in [0.25, 0.3) is 0 Å². The normalized spacial score (nSPS) is 10.9. The van der Waals surface area contributed by atoms with Gasteiger partial charge in [-0.25, -0.2) is 4.98 Å². The van der Waals surface area contributed by atoms with Crippen molar-refractivity contribution >= 4 is 5.97 Å². The monoisotopic (exact) mass is 211 g/mol. The minimum atomic E-state index is -0.823. The summed E-state index contributed by atoms with van der Waals surface area (Å²) in [6.07, 6.45) is 1.32. The van der Waals surface area contributed by atoms with E-state index in [0.29, 0.717) is 18.2 Å². The summed E-state index contributed by atoms with van der Waals surface area (Å²) in [5.41, 5.74) is 0.949. The highest BCUT2D eigenvalue weighted by Gasteiger charge is 2.11. The van der Waals surface area contributed by atoms with E-state index in [4.69, 9.17) is 9.52 Å². The van der Waals surface area contributed by atoms with Gasteiger partial charge >= 0.3 is 5.97 Å². The molecule has 1 N–H and O–H groups in total. The summed E-state index contributed by atoms with van der Waals surface area (Å²) in [4.78, 5) is 14.7. The van der Waals surface area contributed by atoms with Crippen LogP contribution in [-0.2, 0) is 17.6 Å². The molecule has 0 fully saturated rings. The van der Waals surface area contributed by atoms with Gasteiger partial charge in [0.15, 0.2) is 5.89 Å². The fourth-order valence-corrected chi connectivity index (χ4v) is 1.38. The number of aliphatic carboxylic acids is 1. The molecule has 1 aromatic rings. The van der Waals surface area contributed by atoms with Crippen molar-refractivity contribution in [3.8, 4) is 0 Å². The first-order chi connectivity index (χ1) is 6.99. The number of rotatable bonds is 5. The number of hydrogen-bond acceptors (Lipinski definition) is 3. The lowest BCUT2D eigenvalue weighted by Gasteiger charge is -1.99. The van der Waals surface area contributed by atoms with Gasteiger partial charge in [-0.3, -0.25) is 4.79 Å². The topological polar surface area (TPSA) is 63.3 Å². The maximum absolute atomic E-state index is 10.4. The Hall–Kier alpha value is -1.32. The van der Waals surface area contributed by atoms with Crippen LogP contribution >= 0.6 is 0 Å². The average Bonchev–Trinajstić information content (AvgIpc) is 2.43. The second-order valence-electron chi connectivity index (χ2n) is 4.10. The van der Waals surface area contributed by atoms with Crippen LogP contribution in [-0.4, -0.2) is 16.1 Å². The van der Waals surface area contributed by atoms with Gasteiger partial charge in [0.2, 0.25) is 0 Å². The van der Waals surface area contributed by atoms with Crippen molar-refractivity contribution in [3.05, 3.63) is 17.3 Å². The van der Waals surface area contributed by atoms with E-state index in [9.17, 15) is 4.79 Å². The summed E-state index contributed by atoms with van der Waals surface area (Å²) >= 11 is 0. The van der Waals surface area contributed by atoms with Crippen molar-refractivity contribution in [1.29, 1.82) is 0 Å². The molecule has 1 rings (SSSR count). The lowest BCUT2D eigenvalue weighted by atomic mass is 10.1. The largest absolute Gasteiger partial charge is 0.481 e. The molecule has 0 radical (unpaired) electrons. The number of carboxylic acids is 1. The van der Waals surface area contributed by atoms with E-state index in [1.54, 1.807) is 0 Å². The highest BCUT2D eigenvalue weighted by atomic mass is 16.4. The van der Waals surface area contributed by atoms with Gasteiger partial charge in [-0.05, 0) is 19.3 Å². The first kappa shape index (κ1) is 11.8. The van der Waals surface area contributed by atoms with Gasteiger partial charge in [0, 0.05) is 6.42 Å². The summed E-state index contributed by atoms with van der Waals surface area (Å²) < 4.78 is 5.39. The molecule has 0 aliphatic rings. The third-order valence-corrected chi connectivity index (χ3v) is 2.09. The predicted octanol–water partition coefficient (Wildman–Crippen LogP) is 2.20. The van der Waals surface area contributed by atoms with Gasteiger partial charge < -0.3 is 9.52 Å². The van der Waals surface area contributed by atoms with Gasteiger partial charge in [-0.15, -0.1) is 0 Å². The van der Waals surface area contributed by atoms with Crippen molar-refractivity contribution < 1.29 is 14.3 Å². The van der Waals surface area contributed by atoms with Crippen molar-refractivity contribution in [2.24, 2.45) is 5.92 Å². The van der Waals surface area contributed by atoms with Crippen molar-refractivity contribution in [3.63, 3.8) is 0 Å². The Morgan fingerprint density at radius 1 is 1.53 bits per heavy atom. The van der Waals surface area contributed by atoms with E-state index in [1.807, 2.05) is 6.92 Å². The Morgan fingerprint density at radius 3 is 2.73 bits per heavy atom. The summed E-state index contributed by atoms with van der Waals surface area (Å²) in [5.74, 6) is 1.05. The average molecular weight is 211 g/mol. The van der Waals surface area contributed by atoms with E-state index < -0.39 is 5.97 Å². The highest BCUT2D eigenvalue weighted by molar-refractivity contribution is 5.66. The maximum Gasteiger partial charge on any atom is 0.303 e. The molecule has 1 heterocycles. The summed E-state index contributed by atoms with van der Waals surface area (Å²) in [5, 5.41) is 8.53. The van der Waals surface area contributed by atoms with E-state index in [0.717, 1.165) is 17.9 Å². The molecule has 0 atom stereocenters. The van der Waals surface area contributed by atoms with Crippen LogP contribution in [0.15, 0.2) is 4.42 Å². The molecule has 0 saturated heterocycles. The number of carbonyl (C=O) groups is 1. The quantitative estimate of drug-likeness (QED) is 0.810. The molecule has 1 aromatic heterocycles. The Kier molecular flexibility index (Phi) is 3.88. The number of hydrogen-bond donors (Lipinski definition) is 1. The van der Waals surface area contributed by atoms with Crippen LogP contribution in [0.5, 0.6) is 0 Å². The predicted molar refractivity (Wildman–Crippen MR) is 55.7 cm³/mol. The number of oxazole rings is 1. The number of nitrogens with zero attached hydrogens (tertiary/aromatic N) is 1. The zero-order valence-electron chi connectivity index (χ0n) is 9.41. The smallest absolute Gasteiger partial charge is 0.303 e. The van der Waals surface area contributed by atoms with Crippen LogP contribution in [0, 0.1) is 12.8 Å². The van der Waals surface area contributed by atoms with Crippen LogP contribution in [0.3, 0.4) is 0 Å². The fourth-order valence-electron chi connectivity index (χ4n) is 1.38. The van der Waals surface area contributed by atoms with Crippen molar-refractivity contribution in [2.45, 2.75) is 40.0 Å². The van der Waals surface area contributed by atoms with Gasteiger partial charge in [-0.2, -0.15) is 0 Å².